The lowest BCUT2D eigenvalue weighted by molar-refractivity contribution is 0.0697. The van der Waals surface area contributed by atoms with E-state index in [0.29, 0.717) is 56.7 Å². The molecule has 0 bridgehead atoms. The summed E-state index contributed by atoms with van der Waals surface area (Å²) >= 11 is 19.0. The Hall–Kier alpha value is -2.80. The molecule has 0 heterocycles. The minimum absolute atomic E-state index is 0.140. The molecule has 0 saturated carbocycles. The predicted octanol–water partition coefficient (Wildman–Crippen LogP) is 6.94. The summed E-state index contributed by atoms with van der Waals surface area (Å²) in [5.41, 5.74) is 2.06. The second-order valence-electron chi connectivity index (χ2n) is 6.89. The maximum Gasteiger partial charge on any atom is 0.335 e. The van der Waals surface area contributed by atoms with E-state index in [2.05, 4.69) is 5.32 Å². The van der Waals surface area contributed by atoms with Gasteiger partial charge >= 0.3 is 5.97 Å². The van der Waals surface area contributed by atoms with Crippen LogP contribution >= 0.6 is 34.8 Å². The Kier molecular flexibility index (Phi) is 8.55. The van der Waals surface area contributed by atoms with Gasteiger partial charge in [0.05, 0.1) is 25.0 Å². The van der Waals surface area contributed by atoms with E-state index in [9.17, 15) is 9.90 Å². The van der Waals surface area contributed by atoms with Gasteiger partial charge in [-0.2, -0.15) is 0 Å². The molecule has 3 rings (SSSR count). The number of carbonyl (C=O) groups is 1. The Labute approximate surface area is 206 Å². The fourth-order valence-electron chi connectivity index (χ4n) is 3.08. The Morgan fingerprint density at radius 2 is 1.64 bits per heavy atom. The van der Waals surface area contributed by atoms with Crippen LogP contribution in [0.25, 0.3) is 0 Å². The van der Waals surface area contributed by atoms with Gasteiger partial charge in [-0.05, 0) is 48.9 Å². The van der Waals surface area contributed by atoms with Gasteiger partial charge in [0.25, 0.3) is 0 Å². The summed E-state index contributed by atoms with van der Waals surface area (Å²) in [6, 6.07) is 13.3. The number of halogens is 3. The summed E-state index contributed by atoms with van der Waals surface area (Å²) in [5.74, 6) is 0.440. The quantitative estimate of drug-likeness (QED) is 0.307. The molecular weight excluding hydrogens is 489 g/mol. The lowest BCUT2D eigenvalue weighted by Crippen LogP contribution is -2.06. The van der Waals surface area contributed by atoms with Crippen LogP contribution in [0, 0.1) is 0 Å². The highest BCUT2D eigenvalue weighted by Gasteiger charge is 2.15. The van der Waals surface area contributed by atoms with Crippen LogP contribution in [0.5, 0.6) is 17.2 Å². The van der Waals surface area contributed by atoms with Crippen molar-refractivity contribution < 1.29 is 24.1 Å². The van der Waals surface area contributed by atoms with Crippen molar-refractivity contribution in [2.24, 2.45) is 0 Å². The van der Waals surface area contributed by atoms with Crippen LogP contribution in [0.4, 0.5) is 5.69 Å². The number of nitrogens with one attached hydrogen (secondary N) is 1. The van der Waals surface area contributed by atoms with Crippen molar-refractivity contribution in [3.63, 3.8) is 0 Å². The molecule has 6 nitrogen and oxygen atoms in total. The Balaban J connectivity index is 1.82. The zero-order chi connectivity index (χ0) is 24.0. The van der Waals surface area contributed by atoms with Gasteiger partial charge in [-0.3, -0.25) is 0 Å². The van der Waals surface area contributed by atoms with Crippen molar-refractivity contribution in [2.45, 2.75) is 20.1 Å². The van der Waals surface area contributed by atoms with Gasteiger partial charge in [-0.1, -0.05) is 40.9 Å². The molecule has 0 aromatic heterocycles. The average molecular weight is 511 g/mol. The highest BCUT2D eigenvalue weighted by Crippen LogP contribution is 2.36. The highest BCUT2D eigenvalue weighted by molar-refractivity contribution is 6.36. The van der Waals surface area contributed by atoms with Crippen molar-refractivity contribution in [1.82, 2.24) is 0 Å². The van der Waals surface area contributed by atoms with E-state index < -0.39 is 5.97 Å². The van der Waals surface area contributed by atoms with Crippen LogP contribution in [0.2, 0.25) is 15.1 Å². The maximum atomic E-state index is 11.3. The molecule has 3 aromatic rings. The summed E-state index contributed by atoms with van der Waals surface area (Å²) in [5, 5.41) is 13.9. The number of carboxylic acid groups (broad SMARTS) is 1. The first kappa shape index (κ1) is 24.8. The molecule has 0 atom stereocenters. The predicted molar refractivity (Wildman–Crippen MR) is 131 cm³/mol. The average Bonchev–Trinajstić information content (AvgIpc) is 2.79. The molecule has 33 heavy (non-hydrogen) atoms. The van der Waals surface area contributed by atoms with Crippen molar-refractivity contribution in [3.8, 4) is 17.2 Å². The van der Waals surface area contributed by atoms with E-state index in [4.69, 9.17) is 49.0 Å². The molecule has 0 aliphatic carbocycles. The van der Waals surface area contributed by atoms with Crippen LogP contribution in [0.3, 0.4) is 0 Å². The van der Waals surface area contributed by atoms with Gasteiger partial charge in [0.1, 0.15) is 12.4 Å². The molecular formula is C24H22Cl3NO5. The molecule has 0 spiro atoms. The Morgan fingerprint density at radius 3 is 2.27 bits per heavy atom. The molecule has 9 heteroatoms. The van der Waals surface area contributed by atoms with Crippen molar-refractivity contribution >= 4 is 46.5 Å². The van der Waals surface area contributed by atoms with Gasteiger partial charge in [0.2, 0.25) is 0 Å². The van der Waals surface area contributed by atoms with Crippen LogP contribution < -0.4 is 19.5 Å². The van der Waals surface area contributed by atoms with E-state index in [1.54, 1.807) is 36.4 Å². The third kappa shape index (κ3) is 6.16. The lowest BCUT2D eigenvalue weighted by atomic mass is 10.1. The molecule has 0 amide bonds. The SMILES string of the molecule is CCOc1cc(CNc2cc(C(=O)O)ccc2OC)c(Cl)cc1OCc1c(Cl)cccc1Cl. The molecule has 3 aromatic carbocycles. The standard InChI is InChI=1S/C24H22Cl3NO5/c1-3-32-22-10-15(12-28-20-9-14(24(29)30)7-8-21(20)31-2)19(27)11-23(22)33-13-16-17(25)5-4-6-18(16)26/h4-11,28H,3,12-13H2,1-2H3,(H,29,30). The number of carboxylic acids is 1. The Morgan fingerprint density at radius 1 is 0.939 bits per heavy atom. The molecule has 2 N–H and O–H groups in total. The summed E-state index contributed by atoms with van der Waals surface area (Å²) in [7, 11) is 1.51. The van der Waals surface area contributed by atoms with Crippen LogP contribution in [0.15, 0.2) is 48.5 Å². The third-order valence-electron chi connectivity index (χ3n) is 4.76. The van der Waals surface area contributed by atoms with E-state index in [1.807, 2.05) is 6.92 Å². The summed E-state index contributed by atoms with van der Waals surface area (Å²) in [4.78, 5) is 11.3. The van der Waals surface area contributed by atoms with E-state index in [0.717, 1.165) is 5.56 Å². The van der Waals surface area contributed by atoms with E-state index in [1.165, 1.54) is 19.2 Å². The second-order valence-corrected chi connectivity index (χ2v) is 8.11. The van der Waals surface area contributed by atoms with Gasteiger partial charge < -0.3 is 24.6 Å². The third-order valence-corrected chi connectivity index (χ3v) is 5.82. The highest BCUT2D eigenvalue weighted by atomic mass is 35.5. The van der Waals surface area contributed by atoms with E-state index in [-0.39, 0.29) is 12.2 Å². The molecule has 0 saturated heterocycles. The minimum atomic E-state index is -1.03. The smallest absolute Gasteiger partial charge is 0.335 e. The minimum Gasteiger partial charge on any atom is -0.495 e. The van der Waals surface area contributed by atoms with Gasteiger partial charge in [0.15, 0.2) is 11.5 Å². The fourth-order valence-corrected chi connectivity index (χ4v) is 3.81. The number of hydrogen-bond acceptors (Lipinski definition) is 5. The van der Waals surface area contributed by atoms with Crippen molar-refractivity contribution in [1.29, 1.82) is 0 Å². The van der Waals surface area contributed by atoms with Crippen LogP contribution in [-0.4, -0.2) is 24.8 Å². The zero-order valence-electron chi connectivity index (χ0n) is 18.0. The number of hydrogen-bond donors (Lipinski definition) is 2. The molecule has 0 fully saturated rings. The maximum absolute atomic E-state index is 11.3. The monoisotopic (exact) mass is 509 g/mol. The number of rotatable bonds is 10. The number of benzene rings is 3. The fraction of sp³-hybridized carbons (Fsp3) is 0.208. The number of methoxy groups -OCH3 is 1. The molecule has 0 aliphatic rings. The zero-order valence-corrected chi connectivity index (χ0v) is 20.2. The lowest BCUT2D eigenvalue weighted by Gasteiger charge is -2.17. The summed E-state index contributed by atoms with van der Waals surface area (Å²) in [6.45, 7) is 2.73. The topological polar surface area (TPSA) is 77.0 Å². The molecule has 0 unspecified atom stereocenters. The Bertz CT molecular complexity index is 1130. The summed E-state index contributed by atoms with van der Waals surface area (Å²) < 4.78 is 17.0. The number of aromatic carboxylic acids is 1. The molecule has 0 radical (unpaired) electrons. The summed E-state index contributed by atoms with van der Waals surface area (Å²) in [6.07, 6.45) is 0. The van der Waals surface area contributed by atoms with Crippen molar-refractivity contribution in [2.75, 3.05) is 19.0 Å². The number of ether oxygens (including phenoxy) is 3. The van der Waals surface area contributed by atoms with Crippen LogP contribution in [0.1, 0.15) is 28.4 Å². The molecule has 174 valence electrons. The first-order chi connectivity index (χ1) is 15.8. The van der Waals surface area contributed by atoms with E-state index >= 15 is 0 Å². The molecule has 0 aliphatic heterocycles. The second kappa shape index (κ2) is 11.4. The van der Waals surface area contributed by atoms with Gasteiger partial charge in [-0.25, -0.2) is 4.79 Å². The van der Waals surface area contributed by atoms with Gasteiger partial charge in [0, 0.05) is 33.2 Å². The normalized spacial score (nSPS) is 10.6. The van der Waals surface area contributed by atoms with Gasteiger partial charge in [-0.15, -0.1) is 0 Å². The first-order valence-electron chi connectivity index (χ1n) is 10.00. The van der Waals surface area contributed by atoms with Crippen molar-refractivity contribution in [3.05, 3.63) is 80.3 Å². The number of anilines is 1. The van der Waals surface area contributed by atoms with Crippen LogP contribution in [-0.2, 0) is 13.2 Å². The largest absolute Gasteiger partial charge is 0.495 e. The first-order valence-corrected chi connectivity index (χ1v) is 11.1.